The molecule has 0 aliphatic carbocycles. The number of nitrogens with one attached hydrogen (secondary N) is 1. The molecule has 0 radical (unpaired) electrons. The monoisotopic (exact) mass is 470 g/mol. The van der Waals surface area contributed by atoms with Gasteiger partial charge in [-0.25, -0.2) is 8.42 Å². The molecule has 0 saturated carbocycles. The first-order valence-electron chi connectivity index (χ1n) is 11.5. The summed E-state index contributed by atoms with van der Waals surface area (Å²) in [6, 6.07) is 11.6. The molecule has 2 aromatic carbocycles. The number of likely N-dealkylation sites (tertiary alicyclic amines) is 1. The Morgan fingerprint density at radius 1 is 0.939 bits per heavy atom. The lowest BCUT2D eigenvalue weighted by Crippen LogP contribution is -2.53. The fraction of sp³-hybridized carbons (Fsp3) is 0.462. The molecule has 0 bridgehead atoms. The van der Waals surface area contributed by atoms with Crippen molar-refractivity contribution in [1.82, 2.24) is 9.62 Å². The van der Waals surface area contributed by atoms with Crippen LogP contribution in [0.3, 0.4) is 0 Å². The fourth-order valence-corrected chi connectivity index (χ4v) is 5.63. The molecular formula is C26H34N2O4S. The van der Waals surface area contributed by atoms with Gasteiger partial charge in [-0.15, -0.1) is 0 Å². The van der Waals surface area contributed by atoms with Gasteiger partial charge in [0.05, 0.1) is 4.90 Å². The van der Waals surface area contributed by atoms with Crippen LogP contribution in [0.2, 0.25) is 0 Å². The lowest BCUT2D eigenvalue weighted by molar-refractivity contribution is -0.135. The molecule has 1 aliphatic heterocycles. The SMILES string of the molecule is Cc1ccc(S(=O)(=O)N[C@H](C(=O)N2CCC(C(=O)c3ccc(C)cc3C)CC2)C(C)C)cc1. The molecule has 3 rings (SSSR count). The molecule has 1 aliphatic rings. The molecule has 33 heavy (non-hydrogen) atoms. The molecule has 6 nitrogen and oxygen atoms in total. The van der Waals surface area contributed by atoms with Gasteiger partial charge in [0, 0.05) is 24.6 Å². The molecule has 1 heterocycles. The number of amides is 1. The summed E-state index contributed by atoms with van der Waals surface area (Å²) in [4.78, 5) is 28.1. The second-order valence-corrected chi connectivity index (χ2v) is 11.2. The minimum Gasteiger partial charge on any atom is -0.341 e. The molecule has 7 heteroatoms. The molecule has 1 atom stereocenters. The van der Waals surface area contributed by atoms with Gasteiger partial charge in [-0.1, -0.05) is 55.3 Å². The van der Waals surface area contributed by atoms with E-state index >= 15 is 0 Å². The third-order valence-electron chi connectivity index (χ3n) is 6.37. The average molecular weight is 471 g/mol. The van der Waals surface area contributed by atoms with Crippen LogP contribution >= 0.6 is 0 Å². The number of ketones is 1. The summed E-state index contributed by atoms with van der Waals surface area (Å²) < 4.78 is 28.4. The van der Waals surface area contributed by atoms with Crippen molar-refractivity contribution < 1.29 is 18.0 Å². The highest BCUT2D eigenvalue weighted by atomic mass is 32.2. The first-order valence-corrected chi connectivity index (χ1v) is 13.0. The normalized spacial score (nSPS) is 16.1. The average Bonchev–Trinajstić information content (AvgIpc) is 2.77. The zero-order valence-electron chi connectivity index (χ0n) is 20.1. The molecule has 178 valence electrons. The molecule has 1 N–H and O–H groups in total. The van der Waals surface area contributed by atoms with E-state index < -0.39 is 16.1 Å². The van der Waals surface area contributed by atoms with Gasteiger partial charge in [0.1, 0.15) is 6.04 Å². The molecule has 1 fully saturated rings. The number of carbonyl (C=O) groups excluding carboxylic acids is 2. The Morgan fingerprint density at radius 2 is 1.52 bits per heavy atom. The highest BCUT2D eigenvalue weighted by Gasteiger charge is 2.35. The van der Waals surface area contributed by atoms with Crippen LogP contribution < -0.4 is 4.72 Å². The van der Waals surface area contributed by atoms with Crippen LogP contribution in [0.5, 0.6) is 0 Å². The number of Topliss-reactive ketones (excluding diaryl/α,β-unsaturated/α-hetero) is 1. The minimum atomic E-state index is -3.83. The van der Waals surface area contributed by atoms with Crippen molar-refractivity contribution in [2.75, 3.05) is 13.1 Å². The predicted molar refractivity (Wildman–Crippen MR) is 130 cm³/mol. The van der Waals surface area contributed by atoms with E-state index in [9.17, 15) is 18.0 Å². The quantitative estimate of drug-likeness (QED) is 0.619. The van der Waals surface area contributed by atoms with Crippen molar-refractivity contribution in [1.29, 1.82) is 0 Å². The van der Waals surface area contributed by atoms with E-state index in [4.69, 9.17) is 0 Å². The Kier molecular flexibility index (Phi) is 7.75. The molecule has 0 spiro atoms. The number of nitrogens with zero attached hydrogens (tertiary/aromatic N) is 1. The zero-order chi connectivity index (χ0) is 24.3. The summed E-state index contributed by atoms with van der Waals surface area (Å²) in [6.07, 6.45) is 1.15. The van der Waals surface area contributed by atoms with Crippen LogP contribution in [-0.4, -0.2) is 44.1 Å². The number of benzene rings is 2. The van der Waals surface area contributed by atoms with Gasteiger partial charge in [0.25, 0.3) is 0 Å². The van der Waals surface area contributed by atoms with Crippen LogP contribution in [0.15, 0.2) is 47.4 Å². The lowest BCUT2D eigenvalue weighted by atomic mass is 9.86. The van der Waals surface area contributed by atoms with Crippen molar-refractivity contribution in [2.45, 2.75) is 58.4 Å². The Morgan fingerprint density at radius 3 is 2.06 bits per heavy atom. The van der Waals surface area contributed by atoms with E-state index in [1.807, 2.05) is 52.8 Å². The molecule has 1 amide bonds. The van der Waals surface area contributed by atoms with Crippen LogP contribution in [0.25, 0.3) is 0 Å². The number of hydrogen-bond acceptors (Lipinski definition) is 4. The van der Waals surface area contributed by atoms with Crippen molar-refractivity contribution >= 4 is 21.7 Å². The van der Waals surface area contributed by atoms with Crippen molar-refractivity contribution in [2.24, 2.45) is 11.8 Å². The van der Waals surface area contributed by atoms with E-state index in [-0.39, 0.29) is 28.4 Å². The molecular weight excluding hydrogens is 436 g/mol. The maximum atomic E-state index is 13.3. The van der Waals surface area contributed by atoms with E-state index in [1.165, 1.54) is 0 Å². The highest BCUT2D eigenvalue weighted by Crippen LogP contribution is 2.25. The van der Waals surface area contributed by atoms with Crippen LogP contribution in [0.1, 0.15) is 53.7 Å². The largest absolute Gasteiger partial charge is 0.341 e. The summed E-state index contributed by atoms with van der Waals surface area (Å²) in [5.41, 5.74) is 3.81. The van der Waals surface area contributed by atoms with Gasteiger partial charge >= 0.3 is 0 Å². The van der Waals surface area contributed by atoms with E-state index in [2.05, 4.69) is 4.72 Å². The Labute approximate surface area is 197 Å². The number of sulfonamides is 1. The number of hydrogen-bond donors (Lipinski definition) is 1. The number of aryl methyl sites for hydroxylation is 3. The summed E-state index contributed by atoms with van der Waals surface area (Å²) in [5.74, 6) is -0.456. The molecule has 1 saturated heterocycles. The lowest BCUT2D eigenvalue weighted by Gasteiger charge is -2.35. The summed E-state index contributed by atoms with van der Waals surface area (Å²) >= 11 is 0. The van der Waals surface area contributed by atoms with Crippen molar-refractivity contribution in [3.05, 3.63) is 64.7 Å². The van der Waals surface area contributed by atoms with Crippen LogP contribution in [0.4, 0.5) is 0 Å². The van der Waals surface area contributed by atoms with Gasteiger partial charge < -0.3 is 4.90 Å². The Bertz CT molecular complexity index is 1120. The van der Waals surface area contributed by atoms with Gasteiger partial charge in [-0.3, -0.25) is 9.59 Å². The number of piperidine rings is 1. The first-order chi connectivity index (χ1) is 15.5. The summed E-state index contributed by atoms with van der Waals surface area (Å²) in [6.45, 7) is 10.4. The van der Waals surface area contributed by atoms with Crippen molar-refractivity contribution in [3.63, 3.8) is 0 Å². The molecule has 0 aromatic heterocycles. The highest BCUT2D eigenvalue weighted by molar-refractivity contribution is 7.89. The minimum absolute atomic E-state index is 0.125. The molecule has 2 aromatic rings. The van der Waals surface area contributed by atoms with Crippen LogP contribution in [0, 0.1) is 32.6 Å². The third-order valence-corrected chi connectivity index (χ3v) is 7.83. The standard InChI is InChI=1S/C26H34N2O4S/c1-17(2)24(27-33(31,32)22-9-6-18(3)7-10-22)26(30)28-14-12-21(13-15-28)25(29)23-11-8-19(4)16-20(23)5/h6-11,16-17,21,24,27H,12-15H2,1-5H3/t24-/m0/s1. The number of rotatable bonds is 7. The van der Waals surface area contributed by atoms with E-state index in [1.54, 1.807) is 29.2 Å². The van der Waals surface area contributed by atoms with Gasteiger partial charge in [0.2, 0.25) is 15.9 Å². The van der Waals surface area contributed by atoms with Gasteiger partial charge in [-0.2, -0.15) is 4.72 Å². The van der Waals surface area contributed by atoms with Gasteiger partial charge in [0.15, 0.2) is 5.78 Å². The van der Waals surface area contributed by atoms with E-state index in [0.29, 0.717) is 25.9 Å². The first kappa shape index (κ1) is 25.1. The second-order valence-electron chi connectivity index (χ2n) is 9.44. The zero-order valence-corrected chi connectivity index (χ0v) is 20.9. The summed E-state index contributed by atoms with van der Waals surface area (Å²) in [5, 5.41) is 0. The summed E-state index contributed by atoms with van der Waals surface area (Å²) in [7, 11) is -3.83. The third kappa shape index (κ3) is 5.89. The topological polar surface area (TPSA) is 83.6 Å². The second kappa shape index (κ2) is 10.2. The fourth-order valence-electron chi connectivity index (χ4n) is 4.29. The van der Waals surface area contributed by atoms with Crippen LogP contribution in [-0.2, 0) is 14.8 Å². The maximum absolute atomic E-state index is 13.3. The molecule has 0 unspecified atom stereocenters. The Hall–Kier alpha value is -2.51. The Balaban J connectivity index is 1.67. The predicted octanol–water partition coefficient (Wildman–Crippen LogP) is 4.04. The van der Waals surface area contributed by atoms with Gasteiger partial charge in [-0.05, 0) is 57.2 Å². The maximum Gasteiger partial charge on any atom is 0.241 e. The smallest absolute Gasteiger partial charge is 0.241 e. The van der Waals surface area contributed by atoms with E-state index in [0.717, 1.165) is 22.3 Å². The number of carbonyl (C=O) groups is 2. The van der Waals surface area contributed by atoms with Crippen molar-refractivity contribution in [3.8, 4) is 0 Å².